The molecule has 0 aromatic heterocycles. The Labute approximate surface area is 107 Å². The minimum Gasteiger partial charge on any atom is -0.475 e. The van der Waals surface area contributed by atoms with Gasteiger partial charge < -0.3 is 10.5 Å². The number of hydrogen-bond donors (Lipinski definition) is 1. The van der Waals surface area contributed by atoms with Gasteiger partial charge in [0.05, 0.1) is 4.90 Å². The van der Waals surface area contributed by atoms with Crippen molar-refractivity contribution in [2.75, 3.05) is 6.54 Å². The van der Waals surface area contributed by atoms with Crippen LogP contribution in [0.25, 0.3) is 0 Å². The van der Waals surface area contributed by atoms with Crippen LogP contribution in [0.4, 0.5) is 0 Å². The first-order valence-electron chi connectivity index (χ1n) is 6.28. The number of fused-ring (bicyclic) bond motifs is 1. The highest BCUT2D eigenvalue weighted by Gasteiger charge is 2.43. The van der Waals surface area contributed by atoms with E-state index in [-0.39, 0.29) is 10.3 Å². The second-order valence-corrected chi connectivity index (χ2v) is 7.20. The van der Waals surface area contributed by atoms with Crippen LogP contribution in [0.3, 0.4) is 0 Å². The fourth-order valence-electron chi connectivity index (χ4n) is 2.84. The fraction of sp³-hybridized carbons (Fsp3) is 0.571. The van der Waals surface area contributed by atoms with Gasteiger partial charge in [-0.15, -0.1) is 0 Å². The second-order valence-electron chi connectivity index (χ2n) is 5.57. The minimum atomic E-state index is -0.141. The minimum absolute atomic E-state index is 0.141. The molecule has 1 aromatic rings. The zero-order valence-electron chi connectivity index (χ0n) is 10.5. The highest BCUT2D eigenvalue weighted by Crippen LogP contribution is 2.54. The monoisotopic (exact) mass is 249 g/mol. The summed E-state index contributed by atoms with van der Waals surface area (Å²) in [5.74, 6) is 1.09. The molecule has 0 amide bonds. The first-order chi connectivity index (χ1) is 8.06. The molecule has 1 saturated carbocycles. The zero-order chi connectivity index (χ0) is 12.1. The van der Waals surface area contributed by atoms with Gasteiger partial charge in [0.2, 0.25) is 0 Å². The lowest BCUT2D eigenvalue weighted by molar-refractivity contribution is 0.193. The smallest absolute Gasteiger partial charge is 0.153 e. The molecule has 3 heteroatoms. The standard InChI is InChI=1S/C14H19NOS/c1-13(2)16-12-10(5-3-6-11(12)17-13)14(9-15)7-4-8-14/h3,5-6H,4,7-9,15H2,1-2H3. The molecule has 1 aliphatic carbocycles. The molecule has 0 saturated heterocycles. The van der Waals surface area contributed by atoms with Gasteiger partial charge in [-0.2, -0.15) is 0 Å². The van der Waals surface area contributed by atoms with Crippen LogP contribution in [-0.2, 0) is 5.41 Å². The van der Waals surface area contributed by atoms with Crippen LogP contribution < -0.4 is 10.5 Å². The lowest BCUT2D eigenvalue weighted by Crippen LogP contribution is -2.41. The van der Waals surface area contributed by atoms with Crippen molar-refractivity contribution in [1.29, 1.82) is 0 Å². The third-order valence-corrected chi connectivity index (χ3v) is 5.07. The molecule has 1 heterocycles. The van der Waals surface area contributed by atoms with E-state index in [2.05, 4.69) is 32.0 Å². The van der Waals surface area contributed by atoms with E-state index in [0.29, 0.717) is 0 Å². The molecule has 0 radical (unpaired) electrons. The third kappa shape index (κ3) is 1.67. The highest BCUT2D eigenvalue weighted by molar-refractivity contribution is 8.00. The molecule has 0 unspecified atom stereocenters. The van der Waals surface area contributed by atoms with Crippen molar-refractivity contribution >= 4 is 11.8 Å². The van der Waals surface area contributed by atoms with Crippen LogP contribution in [0.1, 0.15) is 38.7 Å². The summed E-state index contributed by atoms with van der Waals surface area (Å²) in [7, 11) is 0. The maximum Gasteiger partial charge on any atom is 0.153 e. The molecule has 1 aliphatic heterocycles. The summed E-state index contributed by atoms with van der Waals surface area (Å²) in [6, 6.07) is 6.50. The summed E-state index contributed by atoms with van der Waals surface area (Å²) < 4.78 is 6.12. The molecule has 2 N–H and O–H groups in total. The molecule has 2 nitrogen and oxygen atoms in total. The van der Waals surface area contributed by atoms with Gasteiger partial charge in [-0.25, -0.2) is 0 Å². The summed E-state index contributed by atoms with van der Waals surface area (Å²) in [5, 5.41) is 0. The molecule has 2 aliphatic rings. The quantitative estimate of drug-likeness (QED) is 0.873. The van der Waals surface area contributed by atoms with Crippen LogP contribution >= 0.6 is 11.8 Å². The van der Waals surface area contributed by atoms with E-state index in [4.69, 9.17) is 10.5 Å². The number of benzene rings is 1. The Morgan fingerprint density at radius 1 is 1.35 bits per heavy atom. The van der Waals surface area contributed by atoms with Gasteiger partial charge in [0.1, 0.15) is 5.75 Å². The van der Waals surface area contributed by atoms with E-state index in [1.165, 1.54) is 29.7 Å². The van der Waals surface area contributed by atoms with Crippen molar-refractivity contribution < 1.29 is 4.74 Å². The molecular weight excluding hydrogens is 230 g/mol. The van der Waals surface area contributed by atoms with Gasteiger partial charge >= 0.3 is 0 Å². The molecule has 0 bridgehead atoms. The molecule has 0 atom stereocenters. The number of thioether (sulfide) groups is 1. The Bertz CT molecular complexity index is 446. The first-order valence-corrected chi connectivity index (χ1v) is 7.10. The van der Waals surface area contributed by atoms with Crippen molar-refractivity contribution in [3.05, 3.63) is 23.8 Å². The Kier molecular flexibility index (Phi) is 2.46. The molecule has 1 fully saturated rings. The predicted molar refractivity (Wildman–Crippen MR) is 71.6 cm³/mol. The van der Waals surface area contributed by atoms with E-state index in [9.17, 15) is 0 Å². The number of para-hydroxylation sites is 1. The maximum absolute atomic E-state index is 6.12. The second kappa shape index (κ2) is 3.66. The highest BCUT2D eigenvalue weighted by atomic mass is 32.2. The fourth-order valence-corrected chi connectivity index (χ4v) is 3.88. The SMILES string of the molecule is CC1(C)Oc2c(cccc2C2(CN)CCC2)S1. The Morgan fingerprint density at radius 2 is 2.12 bits per heavy atom. The molecule has 92 valence electrons. The van der Waals surface area contributed by atoms with Crippen molar-refractivity contribution in [3.63, 3.8) is 0 Å². The average Bonchev–Trinajstić information content (AvgIpc) is 2.52. The van der Waals surface area contributed by atoms with E-state index >= 15 is 0 Å². The van der Waals surface area contributed by atoms with Crippen LogP contribution in [0.2, 0.25) is 0 Å². The molecule has 3 rings (SSSR count). The topological polar surface area (TPSA) is 35.2 Å². The zero-order valence-corrected chi connectivity index (χ0v) is 11.3. The number of nitrogens with two attached hydrogens (primary N) is 1. The maximum atomic E-state index is 6.12. The summed E-state index contributed by atoms with van der Waals surface area (Å²) in [6.07, 6.45) is 3.69. The Hall–Kier alpha value is -0.670. The Balaban J connectivity index is 2.06. The van der Waals surface area contributed by atoms with Gasteiger partial charge in [-0.1, -0.05) is 30.3 Å². The van der Waals surface area contributed by atoms with Crippen LogP contribution in [-0.4, -0.2) is 11.5 Å². The van der Waals surface area contributed by atoms with Crippen molar-refractivity contribution in [2.24, 2.45) is 5.73 Å². The predicted octanol–water partition coefficient (Wildman–Crippen LogP) is 3.29. The van der Waals surface area contributed by atoms with Gasteiger partial charge in [0.15, 0.2) is 4.93 Å². The van der Waals surface area contributed by atoms with E-state index < -0.39 is 0 Å². The molecule has 17 heavy (non-hydrogen) atoms. The number of hydrogen-bond acceptors (Lipinski definition) is 3. The van der Waals surface area contributed by atoms with Gasteiger partial charge in [-0.3, -0.25) is 0 Å². The van der Waals surface area contributed by atoms with Crippen molar-refractivity contribution in [2.45, 2.75) is 48.4 Å². The molecular formula is C14H19NOS. The number of rotatable bonds is 2. The largest absolute Gasteiger partial charge is 0.475 e. The summed E-state index contributed by atoms with van der Waals surface area (Å²) >= 11 is 1.81. The van der Waals surface area contributed by atoms with E-state index in [1.807, 2.05) is 0 Å². The molecule has 1 aromatic carbocycles. The first kappa shape index (κ1) is 11.4. The van der Waals surface area contributed by atoms with Gasteiger partial charge in [0, 0.05) is 17.5 Å². The van der Waals surface area contributed by atoms with Crippen LogP contribution in [0, 0.1) is 0 Å². The van der Waals surface area contributed by atoms with E-state index in [0.717, 1.165) is 12.3 Å². The lowest BCUT2D eigenvalue weighted by atomic mass is 9.64. The van der Waals surface area contributed by atoms with Crippen LogP contribution in [0.5, 0.6) is 5.75 Å². The van der Waals surface area contributed by atoms with Crippen molar-refractivity contribution in [1.82, 2.24) is 0 Å². The average molecular weight is 249 g/mol. The van der Waals surface area contributed by atoms with Crippen molar-refractivity contribution in [3.8, 4) is 5.75 Å². The number of ether oxygens (including phenoxy) is 1. The van der Waals surface area contributed by atoms with E-state index in [1.54, 1.807) is 11.8 Å². The van der Waals surface area contributed by atoms with Gasteiger partial charge in [0.25, 0.3) is 0 Å². The van der Waals surface area contributed by atoms with Crippen LogP contribution in [0.15, 0.2) is 23.1 Å². The van der Waals surface area contributed by atoms with Gasteiger partial charge in [-0.05, 0) is 32.8 Å². The third-order valence-electron chi connectivity index (χ3n) is 3.96. The Morgan fingerprint density at radius 3 is 2.71 bits per heavy atom. The molecule has 0 spiro atoms. The summed E-state index contributed by atoms with van der Waals surface area (Å²) in [6.45, 7) is 4.98. The normalized spacial score (nSPS) is 23.7. The lowest BCUT2D eigenvalue weighted by Gasteiger charge is -2.42. The summed E-state index contributed by atoms with van der Waals surface area (Å²) in [4.78, 5) is 1.13. The summed E-state index contributed by atoms with van der Waals surface area (Å²) in [5.41, 5.74) is 7.52.